The van der Waals surface area contributed by atoms with Crippen LogP contribution >= 0.6 is 0 Å². The second-order valence-corrected chi connectivity index (χ2v) is 5.43. The first-order chi connectivity index (χ1) is 9.18. The molecule has 0 saturated carbocycles. The number of pyridine rings is 1. The fraction of sp³-hybridized carbons (Fsp3) is 0.600. The van der Waals surface area contributed by atoms with Crippen molar-refractivity contribution >= 4 is 11.6 Å². The van der Waals surface area contributed by atoms with E-state index in [2.05, 4.69) is 17.2 Å². The third-order valence-corrected chi connectivity index (χ3v) is 4.16. The molecule has 104 valence electrons. The van der Waals surface area contributed by atoms with Crippen molar-refractivity contribution < 1.29 is 4.79 Å². The summed E-state index contributed by atoms with van der Waals surface area (Å²) in [6.45, 7) is 4.03. The van der Waals surface area contributed by atoms with E-state index in [9.17, 15) is 4.79 Å². The van der Waals surface area contributed by atoms with Gasteiger partial charge >= 0.3 is 0 Å². The zero-order valence-corrected chi connectivity index (χ0v) is 11.6. The van der Waals surface area contributed by atoms with Gasteiger partial charge in [-0.3, -0.25) is 4.79 Å². The molecule has 1 aromatic heterocycles. The topological polar surface area (TPSA) is 68.0 Å². The van der Waals surface area contributed by atoms with Crippen LogP contribution in [0.25, 0.3) is 0 Å². The molecule has 2 heterocycles. The zero-order chi connectivity index (χ0) is 13.7. The Balaban J connectivity index is 2.14. The minimum absolute atomic E-state index is 0.151. The molecule has 19 heavy (non-hydrogen) atoms. The molecule has 0 unspecified atom stereocenters. The summed E-state index contributed by atoms with van der Waals surface area (Å²) in [5.41, 5.74) is 6.55. The SMILES string of the molecule is CCCC1(C(=O)Cc2cccnc2N)CCNCC1. The number of nitrogens with zero attached hydrogens (tertiary/aromatic N) is 1. The van der Waals surface area contributed by atoms with E-state index < -0.39 is 0 Å². The molecule has 0 atom stereocenters. The Labute approximate surface area is 114 Å². The smallest absolute Gasteiger partial charge is 0.143 e. The Kier molecular flexibility index (Phi) is 4.53. The van der Waals surface area contributed by atoms with Crippen molar-refractivity contribution in [2.75, 3.05) is 18.8 Å². The van der Waals surface area contributed by atoms with Crippen LogP contribution in [0.4, 0.5) is 5.82 Å². The maximum atomic E-state index is 12.7. The summed E-state index contributed by atoms with van der Waals surface area (Å²) in [5.74, 6) is 0.812. The Morgan fingerprint density at radius 1 is 1.47 bits per heavy atom. The van der Waals surface area contributed by atoms with Crippen molar-refractivity contribution in [3.05, 3.63) is 23.9 Å². The molecule has 0 aromatic carbocycles. The van der Waals surface area contributed by atoms with Gasteiger partial charge in [0.15, 0.2) is 0 Å². The zero-order valence-electron chi connectivity index (χ0n) is 11.6. The molecule has 1 fully saturated rings. The fourth-order valence-electron chi connectivity index (χ4n) is 3.01. The molecule has 0 aliphatic carbocycles. The molecular formula is C15H23N3O. The standard InChI is InChI=1S/C15H23N3O/c1-2-5-15(6-9-17-10-7-15)13(19)11-12-4-3-8-18-14(12)16/h3-4,8,17H,2,5-7,9-11H2,1H3,(H2,16,18). The third-order valence-electron chi connectivity index (χ3n) is 4.16. The number of piperidine rings is 1. The van der Waals surface area contributed by atoms with Gasteiger partial charge in [0.2, 0.25) is 0 Å². The number of nitrogens with two attached hydrogens (primary N) is 1. The highest BCUT2D eigenvalue weighted by atomic mass is 16.1. The number of carbonyl (C=O) groups excluding carboxylic acids is 1. The summed E-state index contributed by atoms with van der Waals surface area (Å²) in [6.07, 6.45) is 6.00. The van der Waals surface area contributed by atoms with Gasteiger partial charge in [-0.1, -0.05) is 19.4 Å². The Morgan fingerprint density at radius 3 is 2.84 bits per heavy atom. The first-order valence-corrected chi connectivity index (χ1v) is 7.11. The molecule has 1 saturated heterocycles. The number of rotatable bonds is 5. The second kappa shape index (κ2) is 6.15. The van der Waals surface area contributed by atoms with Crippen molar-refractivity contribution in [2.45, 2.75) is 39.0 Å². The summed E-state index contributed by atoms with van der Waals surface area (Å²) < 4.78 is 0. The lowest BCUT2D eigenvalue weighted by atomic mass is 9.70. The number of anilines is 1. The lowest BCUT2D eigenvalue weighted by Gasteiger charge is -2.36. The van der Waals surface area contributed by atoms with Crippen molar-refractivity contribution in [1.82, 2.24) is 10.3 Å². The fourth-order valence-corrected chi connectivity index (χ4v) is 3.01. The van der Waals surface area contributed by atoms with Gasteiger partial charge in [0, 0.05) is 23.6 Å². The number of nitrogen functional groups attached to an aromatic ring is 1. The molecular weight excluding hydrogens is 238 g/mol. The molecule has 1 aliphatic rings. The average molecular weight is 261 g/mol. The van der Waals surface area contributed by atoms with Crippen molar-refractivity contribution in [1.29, 1.82) is 0 Å². The van der Waals surface area contributed by atoms with Gasteiger partial charge in [-0.05, 0) is 38.4 Å². The van der Waals surface area contributed by atoms with E-state index in [1.165, 1.54) is 0 Å². The number of Topliss-reactive ketones (excluding diaryl/α,β-unsaturated/α-hetero) is 1. The third kappa shape index (κ3) is 3.13. The highest BCUT2D eigenvalue weighted by Gasteiger charge is 2.38. The predicted molar refractivity (Wildman–Crippen MR) is 76.8 cm³/mol. The van der Waals surface area contributed by atoms with E-state index >= 15 is 0 Å². The van der Waals surface area contributed by atoms with Gasteiger partial charge in [0.05, 0.1) is 0 Å². The molecule has 2 rings (SSSR count). The van der Waals surface area contributed by atoms with E-state index in [1.807, 2.05) is 12.1 Å². The minimum Gasteiger partial charge on any atom is -0.383 e. The van der Waals surface area contributed by atoms with Gasteiger partial charge in [0.25, 0.3) is 0 Å². The van der Waals surface area contributed by atoms with Gasteiger partial charge in [-0.2, -0.15) is 0 Å². The largest absolute Gasteiger partial charge is 0.383 e. The number of aromatic nitrogens is 1. The van der Waals surface area contributed by atoms with Gasteiger partial charge < -0.3 is 11.1 Å². The second-order valence-electron chi connectivity index (χ2n) is 5.43. The summed E-state index contributed by atoms with van der Waals surface area (Å²) in [5, 5.41) is 3.34. The number of carbonyl (C=O) groups is 1. The van der Waals surface area contributed by atoms with Crippen LogP contribution in [-0.4, -0.2) is 23.9 Å². The molecule has 3 N–H and O–H groups in total. The average Bonchev–Trinajstić information content (AvgIpc) is 2.42. The highest BCUT2D eigenvalue weighted by Crippen LogP contribution is 2.36. The molecule has 1 aromatic rings. The van der Waals surface area contributed by atoms with Crippen molar-refractivity contribution in [3.63, 3.8) is 0 Å². The molecule has 1 aliphatic heterocycles. The predicted octanol–water partition coefficient (Wildman–Crippen LogP) is 1.95. The van der Waals surface area contributed by atoms with Gasteiger partial charge in [-0.15, -0.1) is 0 Å². The van der Waals surface area contributed by atoms with Crippen LogP contribution < -0.4 is 11.1 Å². The van der Waals surface area contributed by atoms with Crippen LogP contribution in [0.2, 0.25) is 0 Å². The van der Waals surface area contributed by atoms with Crippen LogP contribution in [-0.2, 0) is 11.2 Å². The quantitative estimate of drug-likeness (QED) is 0.850. The molecule has 0 radical (unpaired) electrons. The number of hydrogen-bond donors (Lipinski definition) is 2. The molecule has 0 amide bonds. The first-order valence-electron chi connectivity index (χ1n) is 7.11. The summed E-state index contributed by atoms with van der Waals surface area (Å²) in [7, 11) is 0. The molecule has 0 bridgehead atoms. The van der Waals surface area contributed by atoms with E-state index in [0.717, 1.165) is 44.3 Å². The van der Waals surface area contributed by atoms with Crippen LogP contribution in [0.1, 0.15) is 38.2 Å². The monoisotopic (exact) mass is 261 g/mol. The highest BCUT2D eigenvalue weighted by molar-refractivity contribution is 5.87. The molecule has 4 heteroatoms. The number of nitrogens with one attached hydrogen (secondary N) is 1. The van der Waals surface area contributed by atoms with E-state index in [1.54, 1.807) is 6.20 Å². The molecule has 4 nitrogen and oxygen atoms in total. The number of ketones is 1. The van der Waals surface area contributed by atoms with Gasteiger partial charge in [0.1, 0.15) is 11.6 Å². The van der Waals surface area contributed by atoms with Crippen LogP contribution in [0.3, 0.4) is 0 Å². The maximum Gasteiger partial charge on any atom is 0.143 e. The lowest BCUT2D eigenvalue weighted by molar-refractivity contribution is -0.130. The number of hydrogen-bond acceptors (Lipinski definition) is 4. The van der Waals surface area contributed by atoms with Crippen LogP contribution in [0.15, 0.2) is 18.3 Å². The van der Waals surface area contributed by atoms with E-state index in [4.69, 9.17) is 5.73 Å². The maximum absolute atomic E-state index is 12.7. The Hall–Kier alpha value is -1.42. The first kappa shape index (κ1) is 14.0. The summed E-state index contributed by atoms with van der Waals surface area (Å²) >= 11 is 0. The van der Waals surface area contributed by atoms with Crippen LogP contribution in [0, 0.1) is 5.41 Å². The summed E-state index contributed by atoms with van der Waals surface area (Å²) in [4.78, 5) is 16.8. The van der Waals surface area contributed by atoms with Gasteiger partial charge in [-0.25, -0.2) is 4.98 Å². The lowest BCUT2D eigenvalue weighted by Crippen LogP contribution is -2.42. The Bertz CT molecular complexity index is 433. The van der Waals surface area contributed by atoms with Crippen molar-refractivity contribution in [3.8, 4) is 0 Å². The Morgan fingerprint density at radius 2 is 2.21 bits per heavy atom. The normalized spacial score (nSPS) is 18.2. The minimum atomic E-state index is -0.151. The summed E-state index contributed by atoms with van der Waals surface area (Å²) in [6, 6.07) is 3.74. The van der Waals surface area contributed by atoms with Crippen LogP contribution in [0.5, 0.6) is 0 Å². The van der Waals surface area contributed by atoms with E-state index in [-0.39, 0.29) is 5.41 Å². The van der Waals surface area contributed by atoms with Crippen molar-refractivity contribution in [2.24, 2.45) is 5.41 Å². The van der Waals surface area contributed by atoms with E-state index in [0.29, 0.717) is 18.0 Å². The molecule has 0 spiro atoms.